The maximum Gasteiger partial charge on any atom is 0.407 e. The second kappa shape index (κ2) is 30.0. The van der Waals surface area contributed by atoms with E-state index in [9.17, 15) is 28.9 Å². The van der Waals surface area contributed by atoms with E-state index in [0.29, 0.717) is 12.2 Å². The van der Waals surface area contributed by atoms with Gasteiger partial charge < -0.3 is 62.4 Å². The largest absolute Gasteiger partial charge is 0.447 e. The molecule has 2 aromatic heterocycles. The van der Waals surface area contributed by atoms with Crippen molar-refractivity contribution in [1.29, 1.82) is 0 Å². The van der Waals surface area contributed by atoms with Gasteiger partial charge in [-0.1, -0.05) is 5.21 Å². The van der Waals surface area contributed by atoms with Gasteiger partial charge in [-0.2, -0.15) is 0 Å². The number of carbonyl (C=O) groups excluding carboxylic acids is 1. The average molecular weight is 860 g/mol. The number of nitrogens with one attached hydrogen (secondary N) is 8. The molecule has 2 unspecified atom stereocenters. The van der Waals surface area contributed by atoms with Gasteiger partial charge in [0, 0.05) is 25.5 Å². The Bertz CT molecular complexity index is 1580. The summed E-state index contributed by atoms with van der Waals surface area (Å²) in [5.74, 6) is 0. The lowest BCUT2D eigenvalue weighted by molar-refractivity contribution is -0.0565. The van der Waals surface area contributed by atoms with Crippen molar-refractivity contribution in [2.24, 2.45) is 5.73 Å². The molecule has 12 N–H and O–H groups in total. The van der Waals surface area contributed by atoms with Crippen LogP contribution >= 0.6 is 7.60 Å². The zero-order valence-corrected chi connectivity index (χ0v) is 35.5. The standard InChI is InChI=1S/C36H70N13O9P/c1-59(54,55)58-33-30(57-34(32(33)51)49-25-10-31(50)45-35(49)52)28-56-36(53)44-26-29-27-48(47-46-29)24-9-23-39-13-3-2-12-38-15-5-17-41-19-7-21-43-22-8-20-42-18-6-16-40-14-4-11-37/h10,25,27,30,32-34,38-43,51H,2-9,11-24,26,28,37H2,1H3,(H,44,53)(H,54,55)(H,45,50,52)/t30-,32+,33?,34-/m1/s1. The van der Waals surface area contributed by atoms with Crippen LogP contribution in [0.1, 0.15) is 63.3 Å². The quantitative estimate of drug-likeness (QED) is 0.0267. The maximum atomic E-state index is 12.4. The molecule has 1 saturated heterocycles. The van der Waals surface area contributed by atoms with Crippen LogP contribution in [0, 0.1) is 0 Å². The minimum absolute atomic E-state index is 0.0263. The number of unbranched alkanes of at least 4 members (excludes halogenated alkanes) is 1. The number of carbonyl (C=O) groups is 1. The van der Waals surface area contributed by atoms with Crippen molar-refractivity contribution in [2.75, 3.05) is 98.4 Å². The number of alkyl carbamates (subject to hydrolysis) is 1. The first-order valence-electron chi connectivity index (χ1n) is 20.9. The summed E-state index contributed by atoms with van der Waals surface area (Å²) >= 11 is 0. The van der Waals surface area contributed by atoms with Gasteiger partial charge in [-0.3, -0.25) is 28.1 Å². The third kappa shape index (κ3) is 22.3. The molecule has 1 aliphatic heterocycles. The summed E-state index contributed by atoms with van der Waals surface area (Å²) in [4.78, 5) is 47.9. The fourth-order valence-electron chi connectivity index (χ4n) is 6.16. The van der Waals surface area contributed by atoms with Crippen LogP contribution in [0.3, 0.4) is 0 Å². The first-order chi connectivity index (χ1) is 28.6. The number of aromatic nitrogens is 5. The molecule has 0 spiro atoms. The van der Waals surface area contributed by atoms with Crippen molar-refractivity contribution in [2.45, 2.75) is 89.0 Å². The lowest BCUT2D eigenvalue weighted by Gasteiger charge is -2.21. The first kappa shape index (κ1) is 50.2. The highest BCUT2D eigenvalue weighted by Crippen LogP contribution is 2.44. The zero-order valence-electron chi connectivity index (χ0n) is 34.6. The van der Waals surface area contributed by atoms with Gasteiger partial charge in [-0.25, -0.2) is 9.59 Å². The monoisotopic (exact) mass is 860 g/mol. The minimum Gasteiger partial charge on any atom is -0.447 e. The number of amides is 1. The first-order valence-corrected chi connectivity index (χ1v) is 23.0. The average Bonchev–Trinajstić information content (AvgIpc) is 3.78. The number of aliphatic hydroxyl groups excluding tert-OH is 1. The number of hydrogen-bond donors (Lipinski definition) is 11. The van der Waals surface area contributed by atoms with Gasteiger partial charge in [0.25, 0.3) is 5.56 Å². The van der Waals surface area contributed by atoms with E-state index in [-0.39, 0.29) is 6.54 Å². The molecule has 23 heteroatoms. The second-order valence-corrected chi connectivity index (χ2v) is 16.3. The number of aliphatic hydroxyl groups is 1. The maximum absolute atomic E-state index is 12.4. The molecular formula is C36H70N13O9P. The van der Waals surface area contributed by atoms with E-state index in [1.807, 2.05) is 4.98 Å². The summed E-state index contributed by atoms with van der Waals surface area (Å²) in [7, 11) is -4.13. The molecule has 1 fully saturated rings. The molecule has 0 bridgehead atoms. The van der Waals surface area contributed by atoms with Crippen LogP contribution in [0.25, 0.3) is 0 Å². The molecule has 3 heterocycles. The smallest absolute Gasteiger partial charge is 0.407 e. The highest BCUT2D eigenvalue weighted by molar-refractivity contribution is 7.51. The lowest BCUT2D eigenvalue weighted by Crippen LogP contribution is -2.39. The number of H-pyrrole nitrogens is 1. The molecule has 0 radical (unpaired) electrons. The summed E-state index contributed by atoms with van der Waals surface area (Å²) in [6, 6.07) is 1.05. The van der Waals surface area contributed by atoms with Crippen molar-refractivity contribution < 1.29 is 33.4 Å². The Hall–Kier alpha value is -3.12. The van der Waals surface area contributed by atoms with E-state index in [0.717, 1.165) is 160 Å². The molecule has 5 atom stereocenters. The van der Waals surface area contributed by atoms with Crippen molar-refractivity contribution in [3.05, 3.63) is 45.0 Å². The van der Waals surface area contributed by atoms with Crippen LogP contribution in [-0.4, -0.2) is 157 Å². The minimum atomic E-state index is -4.13. The Balaban J connectivity index is 1.11. The molecule has 3 rings (SSSR count). The van der Waals surface area contributed by atoms with Crippen molar-refractivity contribution >= 4 is 13.7 Å². The van der Waals surface area contributed by atoms with Crippen LogP contribution < -0.4 is 54.2 Å². The molecule has 2 aromatic rings. The van der Waals surface area contributed by atoms with Gasteiger partial charge in [-0.15, -0.1) is 5.10 Å². The number of rotatable bonds is 35. The van der Waals surface area contributed by atoms with Gasteiger partial charge >= 0.3 is 19.4 Å². The number of nitrogens with two attached hydrogens (primary N) is 1. The van der Waals surface area contributed by atoms with Gasteiger partial charge in [0.1, 0.15) is 30.6 Å². The Morgan fingerprint density at radius 1 is 0.864 bits per heavy atom. The third-order valence-electron chi connectivity index (χ3n) is 9.21. The van der Waals surface area contributed by atoms with Crippen LogP contribution in [0.15, 0.2) is 28.0 Å². The highest BCUT2D eigenvalue weighted by atomic mass is 31.2. The van der Waals surface area contributed by atoms with Crippen LogP contribution in [0.4, 0.5) is 4.79 Å². The molecule has 0 saturated carbocycles. The SMILES string of the molecule is CP(=O)(O)OC1[C@@H](COC(=O)NCc2cn(CCCNCCCCNCCCNCCCNCCCNCCCNCCCN)nn2)O[C@@H](n2ccc(=O)[nH]c2=O)[C@H]1O. The van der Waals surface area contributed by atoms with Crippen molar-refractivity contribution in [1.82, 2.24) is 61.8 Å². The fourth-order valence-corrected chi connectivity index (χ4v) is 6.88. The topological polar surface area (TPSA) is 298 Å². The van der Waals surface area contributed by atoms with E-state index >= 15 is 0 Å². The summed E-state index contributed by atoms with van der Waals surface area (Å²) in [5, 5.41) is 42.4. The predicted molar refractivity (Wildman–Crippen MR) is 223 cm³/mol. The van der Waals surface area contributed by atoms with Gasteiger partial charge in [0.2, 0.25) is 0 Å². The summed E-state index contributed by atoms with van der Waals surface area (Å²) in [5.41, 5.74) is 4.46. The van der Waals surface area contributed by atoms with Crippen LogP contribution in [0.5, 0.6) is 0 Å². The number of hydrogen-bond acceptors (Lipinski definition) is 17. The normalized spacial score (nSPS) is 18.9. The number of ether oxygens (including phenoxy) is 2. The Kier molecular flexibility index (Phi) is 25.5. The van der Waals surface area contributed by atoms with E-state index in [4.69, 9.17) is 19.7 Å². The molecular weight excluding hydrogens is 789 g/mol. The molecule has 1 aliphatic rings. The molecule has 0 aliphatic carbocycles. The summed E-state index contributed by atoms with van der Waals surface area (Å²) in [6.07, 6.45) is 5.01. The number of aryl methyl sites for hydroxylation is 1. The molecule has 338 valence electrons. The second-order valence-electron chi connectivity index (χ2n) is 14.5. The van der Waals surface area contributed by atoms with Crippen molar-refractivity contribution in [3.63, 3.8) is 0 Å². The summed E-state index contributed by atoms with van der Waals surface area (Å²) < 4.78 is 30.6. The van der Waals surface area contributed by atoms with E-state index < -0.39 is 56.1 Å². The van der Waals surface area contributed by atoms with Crippen molar-refractivity contribution in [3.8, 4) is 0 Å². The number of aromatic amines is 1. The van der Waals surface area contributed by atoms with Crippen LogP contribution in [-0.2, 0) is 31.7 Å². The predicted octanol–water partition coefficient (Wildman–Crippen LogP) is -1.87. The Morgan fingerprint density at radius 3 is 1.92 bits per heavy atom. The molecule has 22 nitrogen and oxygen atoms in total. The molecule has 0 aromatic carbocycles. The lowest BCUT2D eigenvalue weighted by atomic mass is 10.1. The summed E-state index contributed by atoms with van der Waals surface area (Å²) in [6.45, 7) is 14.0. The molecule has 1 amide bonds. The molecule has 59 heavy (non-hydrogen) atoms. The van der Waals surface area contributed by atoms with E-state index in [1.165, 1.54) is 0 Å². The third-order valence-corrected chi connectivity index (χ3v) is 9.85. The van der Waals surface area contributed by atoms with Gasteiger partial charge in [-0.05, 0) is 136 Å². The Labute approximate surface area is 346 Å². The van der Waals surface area contributed by atoms with Gasteiger partial charge in [0.05, 0.1) is 12.7 Å². The van der Waals surface area contributed by atoms with Crippen LogP contribution in [0.2, 0.25) is 0 Å². The van der Waals surface area contributed by atoms with Gasteiger partial charge in [0.15, 0.2) is 6.23 Å². The Morgan fingerprint density at radius 2 is 1.39 bits per heavy atom. The van der Waals surface area contributed by atoms with E-state index in [2.05, 4.69) is 47.5 Å². The fraction of sp³-hybridized carbons (Fsp3) is 0.806. The zero-order chi connectivity index (χ0) is 42.6. The number of nitrogens with zero attached hydrogens (tertiary/aromatic N) is 4. The van der Waals surface area contributed by atoms with E-state index in [1.54, 1.807) is 10.9 Å². The highest BCUT2D eigenvalue weighted by Gasteiger charge is 2.48.